The molecule has 0 amide bonds. The number of esters is 1. The fourth-order valence-corrected chi connectivity index (χ4v) is 2.11. The van der Waals surface area contributed by atoms with Crippen LogP contribution in [-0.4, -0.2) is 32.0 Å². The standard InChI is InChI=1S/C11H19NO4S/c1-9(2)5-7-16-11(13)10(3)17(14,15)8-4-6-12/h9-10H,4-5,7-8H2,1-3H3. The zero-order valence-corrected chi connectivity index (χ0v) is 11.3. The van der Waals surface area contributed by atoms with Crippen LogP contribution in [0.25, 0.3) is 0 Å². The molecule has 0 saturated carbocycles. The van der Waals surface area contributed by atoms with E-state index in [-0.39, 0.29) is 18.8 Å². The molecule has 98 valence electrons. The molecule has 0 aromatic rings. The first kappa shape index (κ1) is 15.9. The molecule has 0 saturated heterocycles. The van der Waals surface area contributed by atoms with Crippen LogP contribution in [0.3, 0.4) is 0 Å². The molecule has 0 aromatic carbocycles. The second-order valence-electron chi connectivity index (χ2n) is 4.27. The number of hydrogen-bond acceptors (Lipinski definition) is 5. The first-order valence-corrected chi connectivity index (χ1v) is 7.28. The lowest BCUT2D eigenvalue weighted by molar-refractivity contribution is -0.143. The van der Waals surface area contributed by atoms with Crippen molar-refractivity contribution in [3.05, 3.63) is 0 Å². The third kappa shape index (κ3) is 6.27. The molecule has 0 aliphatic heterocycles. The zero-order chi connectivity index (χ0) is 13.5. The maximum absolute atomic E-state index is 11.6. The Morgan fingerprint density at radius 1 is 1.35 bits per heavy atom. The van der Waals surface area contributed by atoms with Crippen LogP contribution in [-0.2, 0) is 19.4 Å². The monoisotopic (exact) mass is 261 g/mol. The Balaban J connectivity index is 4.26. The van der Waals surface area contributed by atoms with Gasteiger partial charge < -0.3 is 4.74 Å². The quantitative estimate of drug-likeness (QED) is 0.645. The minimum Gasteiger partial charge on any atom is -0.465 e. The highest BCUT2D eigenvalue weighted by molar-refractivity contribution is 7.92. The van der Waals surface area contributed by atoms with Crippen LogP contribution in [0.2, 0.25) is 0 Å². The van der Waals surface area contributed by atoms with E-state index in [4.69, 9.17) is 10.00 Å². The number of ether oxygens (including phenoxy) is 1. The lowest BCUT2D eigenvalue weighted by atomic mass is 10.1. The average Bonchev–Trinajstić information content (AvgIpc) is 2.24. The second-order valence-corrected chi connectivity index (χ2v) is 6.71. The molecular weight excluding hydrogens is 242 g/mol. The number of carbonyl (C=O) groups excluding carboxylic acids is 1. The molecule has 0 rings (SSSR count). The maximum atomic E-state index is 11.6. The minimum atomic E-state index is -3.57. The van der Waals surface area contributed by atoms with Gasteiger partial charge in [-0.2, -0.15) is 5.26 Å². The summed E-state index contributed by atoms with van der Waals surface area (Å²) in [6.45, 7) is 5.50. The highest BCUT2D eigenvalue weighted by Gasteiger charge is 2.28. The molecule has 0 heterocycles. The van der Waals surface area contributed by atoms with Crippen molar-refractivity contribution in [2.75, 3.05) is 12.4 Å². The largest absolute Gasteiger partial charge is 0.465 e. The van der Waals surface area contributed by atoms with E-state index in [1.54, 1.807) is 6.07 Å². The van der Waals surface area contributed by atoms with E-state index < -0.39 is 21.1 Å². The zero-order valence-electron chi connectivity index (χ0n) is 10.5. The number of hydrogen-bond donors (Lipinski definition) is 0. The molecule has 0 aromatic heterocycles. The fourth-order valence-electron chi connectivity index (χ4n) is 1.02. The summed E-state index contributed by atoms with van der Waals surface area (Å²) in [6, 6.07) is 1.74. The molecule has 5 nitrogen and oxygen atoms in total. The van der Waals surface area contributed by atoms with Crippen molar-refractivity contribution in [1.29, 1.82) is 5.26 Å². The van der Waals surface area contributed by atoms with Gasteiger partial charge in [-0.15, -0.1) is 0 Å². The summed E-state index contributed by atoms with van der Waals surface area (Å²) in [5.41, 5.74) is 0. The summed E-state index contributed by atoms with van der Waals surface area (Å²) in [5, 5.41) is 7.13. The van der Waals surface area contributed by atoms with Crippen molar-refractivity contribution in [1.82, 2.24) is 0 Å². The van der Waals surface area contributed by atoms with E-state index in [0.29, 0.717) is 12.3 Å². The van der Waals surface area contributed by atoms with Crippen molar-refractivity contribution in [2.45, 2.75) is 38.9 Å². The lowest BCUT2D eigenvalue weighted by Crippen LogP contribution is -2.31. The predicted octanol–water partition coefficient (Wildman–Crippen LogP) is 1.29. The predicted molar refractivity (Wildman–Crippen MR) is 63.9 cm³/mol. The van der Waals surface area contributed by atoms with Gasteiger partial charge in [0.15, 0.2) is 15.1 Å². The smallest absolute Gasteiger partial charge is 0.324 e. The first-order valence-electron chi connectivity index (χ1n) is 5.56. The Kier molecular flexibility index (Phi) is 6.81. The van der Waals surface area contributed by atoms with Gasteiger partial charge >= 0.3 is 5.97 Å². The third-order valence-electron chi connectivity index (χ3n) is 2.31. The highest BCUT2D eigenvalue weighted by Crippen LogP contribution is 2.07. The molecule has 0 aliphatic carbocycles. The van der Waals surface area contributed by atoms with E-state index in [1.807, 2.05) is 13.8 Å². The van der Waals surface area contributed by atoms with Gasteiger partial charge in [-0.1, -0.05) is 13.8 Å². The number of carbonyl (C=O) groups is 1. The van der Waals surface area contributed by atoms with Gasteiger partial charge in [0.25, 0.3) is 0 Å². The van der Waals surface area contributed by atoms with Crippen molar-refractivity contribution in [3.8, 4) is 6.07 Å². The van der Waals surface area contributed by atoms with Crippen LogP contribution >= 0.6 is 0 Å². The summed E-state index contributed by atoms with van der Waals surface area (Å²) in [6.07, 6.45) is 0.600. The molecule has 0 aliphatic rings. The molecule has 0 radical (unpaired) electrons. The number of nitrogens with zero attached hydrogens (tertiary/aromatic N) is 1. The Bertz CT molecular complexity index is 381. The van der Waals surface area contributed by atoms with Gasteiger partial charge in [-0.3, -0.25) is 4.79 Å². The summed E-state index contributed by atoms with van der Waals surface area (Å²) in [4.78, 5) is 11.5. The van der Waals surface area contributed by atoms with E-state index >= 15 is 0 Å². The van der Waals surface area contributed by atoms with E-state index in [9.17, 15) is 13.2 Å². The van der Waals surface area contributed by atoms with Crippen molar-refractivity contribution in [3.63, 3.8) is 0 Å². The number of sulfone groups is 1. The lowest BCUT2D eigenvalue weighted by Gasteiger charge is -2.12. The summed E-state index contributed by atoms with van der Waals surface area (Å²) in [5.74, 6) is -0.638. The van der Waals surface area contributed by atoms with Crippen molar-refractivity contribution < 1.29 is 17.9 Å². The molecule has 0 fully saturated rings. The summed E-state index contributed by atoms with van der Waals surface area (Å²) < 4.78 is 28.0. The Morgan fingerprint density at radius 2 is 1.94 bits per heavy atom. The van der Waals surface area contributed by atoms with Crippen molar-refractivity contribution >= 4 is 15.8 Å². The Morgan fingerprint density at radius 3 is 2.41 bits per heavy atom. The van der Waals surface area contributed by atoms with Crippen LogP contribution in [0.4, 0.5) is 0 Å². The van der Waals surface area contributed by atoms with Crippen LogP contribution in [0, 0.1) is 17.2 Å². The summed E-state index contributed by atoms with van der Waals surface area (Å²) >= 11 is 0. The first-order chi connectivity index (χ1) is 7.81. The van der Waals surface area contributed by atoms with Crippen LogP contribution in [0.15, 0.2) is 0 Å². The molecule has 17 heavy (non-hydrogen) atoms. The summed E-state index contributed by atoms with van der Waals surface area (Å²) in [7, 11) is -3.57. The minimum absolute atomic E-state index is 0.105. The van der Waals surface area contributed by atoms with Gasteiger partial charge in [0.05, 0.1) is 18.4 Å². The molecule has 0 N–H and O–H groups in total. The Hall–Kier alpha value is -1.09. The van der Waals surface area contributed by atoms with Crippen LogP contribution in [0.1, 0.15) is 33.6 Å². The molecule has 1 atom stereocenters. The fraction of sp³-hybridized carbons (Fsp3) is 0.818. The SMILES string of the molecule is CC(C)CCOC(=O)C(C)S(=O)(=O)CCC#N. The van der Waals surface area contributed by atoms with Crippen LogP contribution < -0.4 is 0 Å². The second kappa shape index (κ2) is 7.28. The molecule has 6 heteroatoms. The molecule has 0 spiro atoms. The van der Waals surface area contributed by atoms with Gasteiger partial charge in [-0.05, 0) is 19.3 Å². The highest BCUT2D eigenvalue weighted by atomic mass is 32.2. The van der Waals surface area contributed by atoms with Gasteiger partial charge in [-0.25, -0.2) is 8.42 Å². The van der Waals surface area contributed by atoms with Gasteiger partial charge in [0.2, 0.25) is 0 Å². The maximum Gasteiger partial charge on any atom is 0.324 e. The average molecular weight is 261 g/mol. The van der Waals surface area contributed by atoms with Crippen molar-refractivity contribution in [2.24, 2.45) is 5.92 Å². The van der Waals surface area contributed by atoms with E-state index in [0.717, 1.165) is 0 Å². The molecule has 1 unspecified atom stereocenters. The number of nitriles is 1. The molecule has 0 bridgehead atoms. The molecular formula is C11H19NO4S. The van der Waals surface area contributed by atoms with Gasteiger partial charge in [0.1, 0.15) is 0 Å². The number of rotatable bonds is 7. The topological polar surface area (TPSA) is 84.2 Å². The third-order valence-corrected chi connectivity index (χ3v) is 4.35. The Labute approximate surface area is 103 Å². The van der Waals surface area contributed by atoms with E-state index in [1.165, 1.54) is 6.92 Å². The van der Waals surface area contributed by atoms with E-state index in [2.05, 4.69) is 0 Å². The van der Waals surface area contributed by atoms with Crippen LogP contribution in [0.5, 0.6) is 0 Å². The van der Waals surface area contributed by atoms with Gasteiger partial charge in [0, 0.05) is 6.42 Å². The normalized spacial score (nSPS) is 13.1.